The number of likely N-dealkylation sites (tertiary alicyclic amines) is 2. The lowest BCUT2D eigenvalue weighted by molar-refractivity contribution is 0.0497. The Morgan fingerprint density at radius 2 is 2.12 bits per heavy atom. The molecule has 0 aliphatic carbocycles. The van der Waals surface area contributed by atoms with Gasteiger partial charge in [0, 0.05) is 37.3 Å². The highest BCUT2D eigenvalue weighted by atomic mass is 16.3. The van der Waals surface area contributed by atoms with Crippen LogP contribution in [0.25, 0.3) is 0 Å². The number of piperidine rings is 1. The molecule has 2 aliphatic heterocycles. The average Bonchev–Trinajstić information content (AvgIpc) is 3.25. The second kappa shape index (κ2) is 6.64. The maximum absolute atomic E-state index is 12.6. The first-order valence-electron chi connectivity index (χ1n) is 9.11. The van der Waals surface area contributed by atoms with E-state index in [1.165, 1.54) is 6.42 Å². The summed E-state index contributed by atoms with van der Waals surface area (Å²) in [5.74, 6) is 0.485. The van der Waals surface area contributed by atoms with Crippen molar-refractivity contribution < 1.29 is 9.21 Å². The Bertz CT molecular complexity index is 743. The molecule has 1 atom stereocenters. The molecule has 0 aromatic carbocycles. The van der Waals surface area contributed by atoms with E-state index < -0.39 is 0 Å². The number of pyridine rings is 1. The number of aryl methyl sites for hydroxylation is 1. The summed E-state index contributed by atoms with van der Waals surface area (Å²) >= 11 is 0. The highest BCUT2D eigenvalue weighted by Gasteiger charge is 2.42. The molecule has 4 heterocycles. The Hall–Kier alpha value is -2.14. The minimum absolute atomic E-state index is 0.0304. The maximum atomic E-state index is 12.6. The van der Waals surface area contributed by atoms with Gasteiger partial charge in [-0.3, -0.25) is 14.7 Å². The zero-order valence-corrected chi connectivity index (χ0v) is 14.8. The van der Waals surface area contributed by atoms with Crippen LogP contribution >= 0.6 is 0 Å². The second-order valence-corrected chi connectivity index (χ2v) is 7.54. The van der Waals surface area contributed by atoms with Gasteiger partial charge in [0.25, 0.3) is 5.91 Å². The van der Waals surface area contributed by atoms with E-state index in [0.717, 1.165) is 57.0 Å². The highest BCUT2D eigenvalue weighted by molar-refractivity contribution is 5.91. The third-order valence-corrected chi connectivity index (χ3v) is 5.53. The topological polar surface area (TPSA) is 49.6 Å². The summed E-state index contributed by atoms with van der Waals surface area (Å²) in [6, 6.07) is 9.75. The molecule has 2 fully saturated rings. The Morgan fingerprint density at radius 3 is 2.92 bits per heavy atom. The first-order valence-corrected chi connectivity index (χ1v) is 9.11. The monoisotopic (exact) mass is 339 g/mol. The summed E-state index contributed by atoms with van der Waals surface area (Å²) in [5.41, 5.74) is 2.43. The predicted octanol–water partition coefficient (Wildman–Crippen LogP) is 3.11. The third kappa shape index (κ3) is 3.47. The van der Waals surface area contributed by atoms with E-state index in [1.807, 2.05) is 17.9 Å². The van der Waals surface area contributed by atoms with Crippen molar-refractivity contribution in [3.63, 3.8) is 0 Å². The minimum atomic E-state index is 0.0304. The molecule has 132 valence electrons. The number of hydrogen-bond acceptors (Lipinski definition) is 4. The molecule has 1 unspecified atom stereocenters. The van der Waals surface area contributed by atoms with E-state index in [2.05, 4.69) is 22.0 Å². The van der Waals surface area contributed by atoms with Crippen molar-refractivity contribution in [1.82, 2.24) is 14.8 Å². The summed E-state index contributed by atoms with van der Waals surface area (Å²) in [7, 11) is 0. The lowest BCUT2D eigenvalue weighted by Crippen LogP contribution is -2.47. The molecule has 2 aliphatic rings. The van der Waals surface area contributed by atoms with Crippen LogP contribution < -0.4 is 0 Å². The van der Waals surface area contributed by atoms with Gasteiger partial charge in [0.1, 0.15) is 0 Å². The second-order valence-electron chi connectivity index (χ2n) is 7.54. The fourth-order valence-electron chi connectivity index (χ4n) is 4.35. The molecule has 1 spiro atoms. The Kier molecular flexibility index (Phi) is 4.34. The Balaban J connectivity index is 1.41. The number of amides is 1. The van der Waals surface area contributed by atoms with Crippen molar-refractivity contribution in [3.8, 4) is 0 Å². The number of rotatable bonds is 3. The summed E-state index contributed by atoms with van der Waals surface area (Å²) in [5, 5.41) is 0. The normalized spacial score (nSPS) is 24.1. The molecule has 0 bridgehead atoms. The van der Waals surface area contributed by atoms with E-state index >= 15 is 0 Å². The van der Waals surface area contributed by atoms with E-state index in [0.29, 0.717) is 5.76 Å². The van der Waals surface area contributed by atoms with Crippen LogP contribution in [-0.2, 0) is 6.54 Å². The molecular formula is C20H25N3O2. The minimum Gasteiger partial charge on any atom is -0.459 e. The molecule has 1 amide bonds. The van der Waals surface area contributed by atoms with Crippen molar-refractivity contribution in [1.29, 1.82) is 0 Å². The van der Waals surface area contributed by atoms with Crippen LogP contribution in [0.5, 0.6) is 0 Å². The van der Waals surface area contributed by atoms with Crippen molar-refractivity contribution in [2.45, 2.75) is 32.7 Å². The van der Waals surface area contributed by atoms with Crippen molar-refractivity contribution in [2.24, 2.45) is 5.41 Å². The smallest absolute Gasteiger partial charge is 0.289 e. The molecule has 0 N–H and O–H groups in total. The van der Waals surface area contributed by atoms with Crippen LogP contribution in [0.15, 0.2) is 41.0 Å². The quantitative estimate of drug-likeness (QED) is 0.862. The van der Waals surface area contributed by atoms with Crippen LogP contribution in [0.2, 0.25) is 0 Å². The maximum Gasteiger partial charge on any atom is 0.289 e. The van der Waals surface area contributed by atoms with Crippen LogP contribution in [-0.4, -0.2) is 46.9 Å². The first kappa shape index (κ1) is 16.3. The van der Waals surface area contributed by atoms with E-state index in [4.69, 9.17) is 4.42 Å². The standard InChI is InChI=1S/C20H25N3O2/c1-16-5-2-6-17(21-16)13-22-11-9-20(14-22)8-4-10-23(15-20)19(24)18-7-3-12-25-18/h2-3,5-7,12H,4,8-11,13-15H2,1H3. The van der Waals surface area contributed by atoms with Crippen molar-refractivity contribution in [3.05, 3.63) is 53.7 Å². The van der Waals surface area contributed by atoms with Gasteiger partial charge in [-0.05, 0) is 57.0 Å². The zero-order chi connectivity index (χ0) is 17.3. The molecule has 2 aromatic rings. The molecule has 2 aromatic heterocycles. The summed E-state index contributed by atoms with van der Waals surface area (Å²) in [4.78, 5) is 21.7. The molecule has 0 radical (unpaired) electrons. The van der Waals surface area contributed by atoms with Gasteiger partial charge in [-0.15, -0.1) is 0 Å². The number of hydrogen-bond donors (Lipinski definition) is 0. The third-order valence-electron chi connectivity index (χ3n) is 5.53. The van der Waals surface area contributed by atoms with Gasteiger partial charge < -0.3 is 9.32 Å². The fraction of sp³-hybridized carbons (Fsp3) is 0.500. The number of carbonyl (C=O) groups is 1. The van der Waals surface area contributed by atoms with Gasteiger partial charge in [-0.2, -0.15) is 0 Å². The van der Waals surface area contributed by atoms with Crippen molar-refractivity contribution in [2.75, 3.05) is 26.2 Å². The lowest BCUT2D eigenvalue weighted by atomic mass is 9.79. The summed E-state index contributed by atoms with van der Waals surface area (Å²) < 4.78 is 5.30. The van der Waals surface area contributed by atoms with Gasteiger partial charge in [0.2, 0.25) is 0 Å². The first-order chi connectivity index (χ1) is 12.1. The summed E-state index contributed by atoms with van der Waals surface area (Å²) in [6.45, 7) is 6.73. The van der Waals surface area contributed by atoms with E-state index in [9.17, 15) is 4.79 Å². The van der Waals surface area contributed by atoms with Crippen LogP contribution in [0.3, 0.4) is 0 Å². The lowest BCUT2D eigenvalue weighted by Gasteiger charge is -2.40. The largest absolute Gasteiger partial charge is 0.459 e. The Labute approximate surface area is 148 Å². The van der Waals surface area contributed by atoms with Gasteiger partial charge in [-0.1, -0.05) is 6.07 Å². The molecular weight excluding hydrogens is 314 g/mol. The fourth-order valence-corrected chi connectivity index (χ4v) is 4.35. The summed E-state index contributed by atoms with van der Waals surface area (Å²) in [6.07, 6.45) is 5.00. The zero-order valence-electron chi connectivity index (χ0n) is 14.8. The van der Waals surface area contributed by atoms with E-state index in [-0.39, 0.29) is 11.3 Å². The van der Waals surface area contributed by atoms with Crippen LogP contribution in [0.4, 0.5) is 0 Å². The number of carbonyl (C=O) groups excluding carboxylic acids is 1. The SMILES string of the molecule is Cc1cccc(CN2CCC3(CCCN(C(=O)c4ccco4)C3)C2)n1. The van der Waals surface area contributed by atoms with Crippen LogP contribution in [0.1, 0.15) is 41.2 Å². The average molecular weight is 339 g/mol. The van der Waals surface area contributed by atoms with Gasteiger partial charge in [0.15, 0.2) is 5.76 Å². The van der Waals surface area contributed by atoms with E-state index in [1.54, 1.807) is 18.4 Å². The number of aromatic nitrogens is 1. The predicted molar refractivity (Wildman–Crippen MR) is 95.1 cm³/mol. The Morgan fingerprint density at radius 1 is 1.20 bits per heavy atom. The van der Waals surface area contributed by atoms with Gasteiger partial charge >= 0.3 is 0 Å². The van der Waals surface area contributed by atoms with Crippen molar-refractivity contribution >= 4 is 5.91 Å². The molecule has 0 saturated carbocycles. The molecule has 25 heavy (non-hydrogen) atoms. The number of furan rings is 1. The number of nitrogens with zero attached hydrogens (tertiary/aromatic N) is 3. The van der Waals surface area contributed by atoms with Gasteiger partial charge in [0.05, 0.1) is 12.0 Å². The highest BCUT2D eigenvalue weighted by Crippen LogP contribution is 2.39. The molecule has 5 nitrogen and oxygen atoms in total. The molecule has 5 heteroatoms. The van der Waals surface area contributed by atoms with Crippen LogP contribution in [0, 0.1) is 12.3 Å². The van der Waals surface area contributed by atoms with Gasteiger partial charge in [-0.25, -0.2) is 0 Å². The molecule has 4 rings (SSSR count). The molecule has 2 saturated heterocycles.